The third kappa shape index (κ3) is 1.63. The zero-order chi connectivity index (χ0) is 9.47. The molecule has 0 radical (unpaired) electrons. The Bertz CT molecular complexity index is 336. The van der Waals surface area contributed by atoms with E-state index in [1.807, 2.05) is 6.92 Å². The number of hydrogen-bond acceptors (Lipinski definition) is 2. The number of aryl methyl sites for hydroxylation is 1. The Morgan fingerprint density at radius 2 is 2.38 bits per heavy atom. The van der Waals surface area contributed by atoms with Crippen LogP contribution < -0.4 is 0 Å². The highest BCUT2D eigenvalue weighted by molar-refractivity contribution is 9.10. The highest BCUT2D eigenvalue weighted by atomic mass is 79.9. The third-order valence-corrected chi connectivity index (χ3v) is 2.99. The van der Waals surface area contributed by atoms with Gasteiger partial charge in [-0.1, -0.05) is 0 Å². The van der Waals surface area contributed by atoms with Crippen LogP contribution in [0.2, 0.25) is 0 Å². The number of nitrogens with zero attached hydrogens (tertiary/aromatic N) is 1. The predicted molar refractivity (Wildman–Crippen MR) is 54.4 cm³/mol. The fourth-order valence-electron chi connectivity index (χ4n) is 1.90. The Hall–Kier alpha value is -0.410. The van der Waals surface area contributed by atoms with E-state index in [9.17, 15) is 5.11 Å². The molecule has 0 spiro atoms. The van der Waals surface area contributed by atoms with Gasteiger partial charge in [0, 0.05) is 10.7 Å². The van der Waals surface area contributed by atoms with Crippen molar-refractivity contribution in [2.24, 2.45) is 0 Å². The molecular formula is C10H12BrNO. The lowest BCUT2D eigenvalue weighted by atomic mass is 9.84. The van der Waals surface area contributed by atoms with Gasteiger partial charge in [-0.05, 0) is 53.7 Å². The number of rotatable bonds is 0. The SMILES string of the molecule is CC1(O)CCCc2cc(Br)cnc21. The van der Waals surface area contributed by atoms with Crippen molar-refractivity contribution in [2.75, 3.05) is 0 Å². The molecule has 1 heterocycles. The highest BCUT2D eigenvalue weighted by Gasteiger charge is 2.30. The van der Waals surface area contributed by atoms with E-state index in [1.165, 1.54) is 5.56 Å². The minimum absolute atomic E-state index is 0.728. The minimum Gasteiger partial charge on any atom is -0.384 e. The lowest BCUT2D eigenvalue weighted by molar-refractivity contribution is 0.0339. The molecule has 2 rings (SSSR count). The maximum atomic E-state index is 10.0. The van der Waals surface area contributed by atoms with Gasteiger partial charge in [-0.15, -0.1) is 0 Å². The van der Waals surface area contributed by atoms with E-state index in [0.717, 1.165) is 29.4 Å². The number of hydrogen-bond donors (Lipinski definition) is 1. The van der Waals surface area contributed by atoms with Gasteiger partial charge in [0.15, 0.2) is 0 Å². The normalized spacial score (nSPS) is 27.0. The Morgan fingerprint density at radius 3 is 3.15 bits per heavy atom. The second kappa shape index (κ2) is 3.07. The number of fused-ring (bicyclic) bond motifs is 1. The summed E-state index contributed by atoms with van der Waals surface area (Å²) in [4.78, 5) is 4.27. The monoisotopic (exact) mass is 241 g/mol. The number of pyridine rings is 1. The standard InChI is InChI=1S/C10H12BrNO/c1-10(13)4-2-3-7-5-8(11)6-12-9(7)10/h5-6,13H,2-4H2,1H3. The van der Waals surface area contributed by atoms with Crippen LogP contribution >= 0.6 is 15.9 Å². The summed E-state index contributed by atoms with van der Waals surface area (Å²) in [6.07, 6.45) is 4.63. The summed E-state index contributed by atoms with van der Waals surface area (Å²) in [6.45, 7) is 1.84. The van der Waals surface area contributed by atoms with Crippen molar-refractivity contribution in [3.63, 3.8) is 0 Å². The van der Waals surface area contributed by atoms with Crippen LogP contribution in [-0.4, -0.2) is 10.1 Å². The maximum absolute atomic E-state index is 10.0. The molecule has 0 saturated heterocycles. The number of aliphatic hydroxyl groups is 1. The van der Waals surface area contributed by atoms with Crippen molar-refractivity contribution in [1.82, 2.24) is 4.98 Å². The van der Waals surface area contributed by atoms with Gasteiger partial charge in [-0.25, -0.2) is 0 Å². The summed E-state index contributed by atoms with van der Waals surface area (Å²) in [7, 11) is 0. The van der Waals surface area contributed by atoms with Gasteiger partial charge in [0.25, 0.3) is 0 Å². The van der Waals surface area contributed by atoms with Gasteiger partial charge in [-0.3, -0.25) is 4.98 Å². The maximum Gasteiger partial charge on any atom is 0.104 e. The average Bonchev–Trinajstić information content (AvgIpc) is 2.02. The van der Waals surface area contributed by atoms with Crippen molar-refractivity contribution >= 4 is 15.9 Å². The second-order valence-corrected chi connectivity index (χ2v) is 4.70. The second-order valence-electron chi connectivity index (χ2n) is 3.79. The molecule has 2 nitrogen and oxygen atoms in total. The minimum atomic E-state index is -0.728. The fraction of sp³-hybridized carbons (Fsp3) is 0.500. The van der Waals surface area contributed by atoms with Crippen LogP contribution in [0.4, 0.5) is 0 Å². The van der Waals surface area contributed by atoms with E-state index in [1.54, 1.807) is 6.20 Å². The van der Waals surface area contributed by atoms with E-state index in [0.29, 0.717) is 0 Å². The molecule has 13 heavy (non-hydrogen) atoms. The summed E-state index contributed by atoms with van der Waals surface area (Å²) in [5.74, 6) is 0. The highest BCUT2D eigenvalue weighted by Crippen LogP contribution is 2.34. The topological polar surface area (TPSA) is 33.1 Å². The predicted octanol–water partition coefficient (Wildman–Crippen LogP) is 2.39. The molecule has 1 aromatic heterocycles. The summed E-state index contributed by atoms with van der Waals surface area (Å²) in [5.41, 5.74) is 1.29. The van der Waals surface area contributed by atoms with Gasteiger partial charge in [0.1, 0.15) is 5.60 Å². The van der Waals surface area contributed by atoms with Crippen molar-refractivity contribution < 1.29 is 5.11 Å². The summed E-state index contributed by atoms with van der Waals surface area (Å²) >= 11 is 3.38. The number of aromatic nitrogens is 1. The van der Waals surface area contributed by atoms with Gasteiger partial charge in [0.2, 0.25) is 0 Å². The number of halogens is 1. The summed E-state index contributed by atoms with van der Waals surface area (Å²) in [6, 6.07) is 2.05. The van der Waals surface area contributed by atoms with Crippen LogP contribution in [0.5, 0.6) is 0 Å². The molecule has 3 heteroatoms. The smallest absolute Gasteiger partial charge is 0.104 e. The molecule has 0 aliphatic heterocycles. The molecule has 70 valence electrons. The molecule has 0 amide bonds. The first kappa shape index (κ1) is 9.16. The average molecular weight is 242 g/mol. The first-order valence-corrected chi connectivity index (χ1v) is 5.26. The molecule has 1 unspecified atom stereocenters. The zero-order valence-corrected chi connectivity index (χ0v) is 9.13. The van der Waals surface area contributed by atoms with E-state index < -0.39 is 5.60 Å². The molecule has 1 aliphatic carbocycles. The van der Waals surface area contributed by atoms with Crippen LogP contribution in [0.1, 0.15) is 31.0 Å². The van der Waals surface area contributed by atoms with Crippen molar-refractivity contribution in [3.8, 4) is 0 Å². The molecule has 1 aromatic rings. The Kier molecular flexibility index (Phi) is 2.16. The van der Waals surface area contributed by atoms with E-state index in [-0.39, 0.29) is 0 Å². The van der Waals surface area contributed by atoms with Gasteiger partial charge >= 0.3 is 0 Å². The molecule has 0 aromatic carbocycles. The summed E-state index contributed by atoms with van der Waals surface area (Å²) < 4.78 is 0.990. The molecule has 0 bridgehead atoms. The molecule has 1 aliphatic rings. The largest absolute Gasteiger partial charge is 0.384 e. The Labute approximate surface area is 86.1 Å². The lowest BCUT2D eigenvalue weighted by Gasteiger charge is -2.29. The molecule has 0 fully saturated rings. The van der Waals surface area contributed by atoms with Crippen molar-refractivity contribution in [3.05, 3.63) is 28.0 Å². The molecule has 0 saturated carbocycles. The van der Waals surface area contributed by atoms with Crippen LogP contribution in [0.3, 0.4) is 0 Å². The van der Waals surface area contributed by atoms with Crippen molar-refractivity contribution in [1.29, 1.82) is 0 Å². The van der Waals surface area contributed by atoms with E-state index in [2.05, 4.69) is 27.0 Å². The van der Waals surface area contributed by atoms with Gasteiger partial charge < -0.3 is 5.11 Å². The van der Waals surface area contributed by atoms with Crippen molar-refractivity contribution in [2.45, 2.75) is 31.8 Å². The Balaban J connectivity index is 2.53. The van der Waals surface area contributed by atoms with Crippen LogP contribution in [0.15, 0.2) is 16.7 Å². The zero-order valence-electron chi connectivity index (χ0n) is 7.55. The van der Waals surface area contributed by atoms with Crippen LogP contribution in [0.25, 0.3) is 0 Å². The van der Waals surface area contributed by atoms with Crippen LogP contribution in [-0.2, 0) is 12.0 Å². The molecule has 1 atom stereocenters. The van der Waals surface area contributed by atoms with Gasteiger partial charge in [0.05, 0.1) is 5.69 Å². The third-order valence-electron chi connectivity index (χ3n) is 2.55. The first-order chi connectivity index (χ1) is 6.09. The lowest BCUT2D eigenvalue weighted by Crippen LogP contribution is -2.28. The quantitative estimate of drug-likeness (QED) is 0.757. The van der Waals surface area contributed by atoms with E-state index in [4.69, 9.17) is 0 Å². The first-order valence-electron chi connectivity index (χ1n) is 4.47. The fourth-order valence-corrected chi connectivity index (χ4v) is 2.28. The van der Waals surface area contributed by atoms with Crippen LogP contribution in [0, 0.1) is 0 Å². The Morgan fingerprint density at radius 1 is 1.62 bits per heavy atom. The van der Waals surface area contributed by atoms with E-state index >= 15 is 0 Å². The van der Waals surface area contributed by atoms with Gasteiger partial charge in [-0.2, -0.15) is 0 Å². The molecule has 1 N–H and O–H groups in total. The summed E-state index contributed by atoms with van der Waals surface area (Å²) in [5, 5.41) is 10.0. The molecular weight excluding hydrogens is 230 g/mol.